The first-order valence-electron chi connectivity index (χ1n) is 6.60. The Morgan fingerprint density at radius 2 is 2.00 bits per heavy atom. The van der Waals surface area contributed by atoms with Gasteiger partial charge in [0.1, 0.15) is 11.5 Å². The van der Waals surface area contributed by atoms with E-state index in [0.29, 0.717) is 18.2 Å². The molecule has 0 radical (unpaired) electrons. The predicted molar refractivity (Wildman–Crippen MR) is 65.8 cm³/mol. The van der Waals surface area contributed by atoms with Crippen molar-refractivity contribution in [1.82, 2.24) is 4.90 Å². The number of hydrogen-bond acceptors (Lipinski definition) is 3. The van der Waals surface area contributed by atoms with E-state index in [1.807, 2.05) is 14.0 Å². The van der Waals surface area contributed by atoms with E-state index in [4.69, 9.17) is 9.15 Å². The quantitative estimate of drug-likeness (QED) is 0.805. The van der Waals surface area contributed by atoms with Crippen molar-refractivity contribution in [3.8, 4) is 0 Å². The SMILES string of the molecule is COC1CC2CCC(C1)N2Cc1ccc(C)o1. The zero-order valence-corrected chi connectivity index (χ0v) is 10.7. The number of nitrogens with zero attached hydrogens (tertiary/aromatic N) is 1. The second-order valence-corrected chi connectivity index (χ2v) is 5.40. The summed E-state index contributed by atoms with van der Waals surface area (Å²) in [5.74, 6) is 2.12. The highest BCUT2D eigenvalue weighted by atomic mass is 16.5. The largest absolute Gasteiger partial charge is 0.465 e. The molecule has 0 amide bonds. The first kappa shape index (κ1) is 11.3. The third-order valence-corrected chi connectivity index (χ3v) is 4.31. The molecule has 0 spiro atoms. The van der Waals surface area contributed by atoms with Gasteiger partial charge in [-0.1, -0.05) is 0 Å². The maximum Gasteiger partial charge on any atom is 0.118 e. The minimum Gasteiger partial charge on any atom is -0.465 e. The maximum atomic E-state index is 5.69. The van der Waals surface area contributed by atoms with Gasteiger partial charge in [0, 0.05) is 19.2 Å². The lowest BCUT2D eigenvalue weighted by Gasteiger charge is -2.37. The smallest absolute Gasteiger partial charge is 0.118 e. The number of furan rings is 1. The van der Waals surface area contributed by atoms with E-state index < -0.39 is 0 Å². The van der Waals surface area contributed by atoms with Gasteiger partial charge in [0.25, 0.3) is 0 Å². The molecular weight excluding hydrogens is 214 g/mol. The standard InChI is InChI=1S/C14H21NO2/c1-10-3-6-13(17-10)9-15-11-4-5-12(15)8-14(7-11)16-2/h3,6,11-12,14H,4-5,7-9H2,1-2H3. The van der Waals surface area contributed by atoms with Crippen molar-refractivity contribution >= 4 is 0 Å². The van der Waals surface area contributed by atoms with Crippen LogP contribution in [0.15, 0.2) is 16.5 Å². The van der Waals surface area contributed by atoms with Crippen LogP contribution in [-0.2, 0) is 11.3 Å². The summed E-state index contributed by atoms with van der Waals surface area (Å²) in [4.78, 5) is 2.62. The summed E-state index contributed by atoms with van der Waals surface area (Å²) < 4.78 is 11.2. The van der Waals surface area contributed by atoms with E-state index in [2.05, 4.69) is 17.0 Å². The average molecular weight is 235 g/mol. The van der Waals surface area contributed by atoms with Crippen LogP contribution in [0, 0.1) is 6.92 Å². The summed E-state index contributed by atoms with van der Waals surface area (Å²) in [6.07, 6.45) is 5.50. The van der Waals surface area contributed by atoms with Gasteiger partial charge in [0.2, 0.25) is 0 Å². The molecule has 2 saturated heterocycles. The molecule has 0 N–H and O–H groups in total. The van der Waals surface area contributed by atoms with Gasteiger partial charge in [-0.15, -0.1) is 0 Å². The summed E-state index contributed by atoms with van der Waals surface area (Å²) in [5.41, 5.74) is 0. The summed E-state index contributed by atoms with van der Waals surface area (Å²) in [6.45, 7) is 2.98. The second kappa shape index (κ2) is 4.46. The molecule has 0 aliphatic carbocycles. The third-order valence-electron chi connectivity index (χ3n) is 4.31. The van der Waals surface area contributed by atoms with E-state index in [-0.39, 0.29) is 0 Å². The summed E-state index contributed by atoms with van der Waals surface area (Å²) >= 11 is 0. The lowest BCUT2D eigenvalue weighted by atomic mass is 9.99. The lowest BCUT2D eigenvalue weighted by Crippen LogP contribution is -2.44. The van der Waals surface area contributed by atoms with Crippen molar-refractivity contribution in [2.24, 2.45) is 0 Å². The van der Waals surface area contributed by atoms with Crippen LogP contribution in [0.4, 0.5) is 0 Å². The van der Waals surface area contributed by atoms with Crippen molar-refractivity contribution in [3.63, 3.8) is 0 Å². The molecule has 3 heteroatoms. The van der Waals surface area contributed by atoms with Crippen LogP contribution in [0.1, 0.15) is 37.2 Å². The fraction of sp³-hybridized carbons (Fsp3) is 0.714. The van der Waals surface area contributed by atoms with Crippen LogP contribution < -0.4 is 0 Å². The monoisotopic (exact) mass is 235 g/mol. The van der Waals surface area contributed by atoms with Crippen molar-refractivity contribution in [2.45, 2.75) is 57.3 Å². The molecule has 1 aromatic heterocycles. The molecule has 2 atom stereocenters. The first-order valence-corrected chi connectivity index (χ1v) is 6.60. The number of piperidine rings is 1. The molecule has 0 saturated carbocycles. The Bertz CT molecular complexity index is 373. The minimum atomic E-state index is 0.474. The molecular formula is C14H21NO2. The lowest BCUT2D eigenvalue weighted by molar-refractivity contribution is 0.0000970. The highest BCUT2D eigenvalue weighted by Gasteiger charge is 2.40. The van der Waals surface area contributed by atoms with Crippen LogP contribution in [0.3, 0.4) is 0 Å². The van der Waals surface area contributed by atoms with Gasteiger partial charge in [0.05, 0.1) is 12.6 Å². The van der Waals surface area contributed by atoms with Gasteiger partial charge in [-0.3, -0.25) is 4.90 Å². The number of fused-ring (bicyclic) bond motifs is 2. The van der Waals surface area contributed by atoms with Crippen LogP contribution in [0.2, 0.25) is 0 Å². The Morgan fingerprint density at radius 3 is 2.53 bits per heavy atom. The molecule has 3 heterocycles. The van der Waals surface area contributed by atoms with E-state index in [9.17, 15) is 0 Å². The molecule has 3 nitrogen and oxygen atoms in total. The summed E-state index contributed by atoms with van der Waals surface area (Å²) in [7, 11) is 1.84. The molecule has 94 valence electrons. The van der Waals surface area contributed by atoms with Gasteiger partial charge in [-0.2, -0.15) is 0 Å². The van der Waals surface area contributed by atoms with Gasteiger partial charge in [-0.25, -0.2) is 0 Å². The van der Waals surface area contributed by atoms with Crippen LogP contribution in [0.5, 0.6) is 0 Å². The number of hydrogen-bond donors (Lipinski definition) is 0. The van der Waals surface area contributed by atoms with Gasteiger partial charge in [0.15, 0.2) is 0 Å². The number of rotatable bonds is 3. The Balaban J connectivity index is 1.69. The van der Waals surface area contributed by atoms with Crippen LogP contribution in [-0.4, -0.2) is 30.2 Å². The Morgan fingerprint density at radius 1 is 1.29 bits per heavy atom. The van der Waals surface area contributed by atoms with Gasteiger partial charge in [-0.05, 0) is 44.7 Å². The van der Waals surface area contributed by atoms with Crippen LogP contribution >= 0.6 is 0 Å². The number of ether oxygens (including phenoxy) is 1. The average Bonchev–Trinajstić information content (AvgIpc) is 2.82. The van der Waals surface area contributed by atoms with E-state index >= 15 is 0 Å². The zero-order chi connectivity index (χ0) is 11.8. The number of aryl methyl sites for hydroxylation is 1. The molecule has 2 unspecified atom stereocenters. The fourth-order valence-electron chi connectivity index (χ4n) is 3.42. The zero-order valence-electron chi connectivity index (χ0n) is 10.7. The highest BCUT2D eigenvalue weighted by Crippen LogP contribution is 2.37. The Labute approximate surface area is 103 Å². The molecule has 2 fully saturated rings. The Kier molecular flexibility index (Phi) is 2.97. The van der Waals surface area contributed by atoms with E-state index in [0.717, 1.165) is 18.1 Å². The Hall–Kier alpha value is -0.800. The van der Waals surface area contributed by atoms with Crippen molar-refractivity contribution < 1.29 is 9.15 Å². The fourth-order valence-corrected chi connectivity index (χ4v) is 3.42. The molecule has 17 heavy (non-hydrogen) atoms. The van der Waals surface area contributed by atoms with Crippen molar-refractivity contribution in [3.05, 3.63) is 23.7 Å². The second-order valence-electron chi connectivity index (χ2n) is 5.40. The summed E-state index contributed by atoms with van der Waals surface area (Å²) in [6, 6.07) is 5.56. The third kappa shape index (κ3) is 2.14. The molecule has 2 bridgehead atoms. The van der Waals surface area contributed by atoms with Crippen molar-refractivity contribution in [1.29, 1.82) is 0 Å². The molecule has 2 aliphatic rings. The predicted octanol–water partition coefficient (Wildman–Crippen LogP) is 2.73. The normalized spacial score (nSPS) is 33.2. The van der Waals surface area contributed by atoms with Gasteiger partial charge < -0.3 is 9.15 Å². The summed E-state index contributed by atoms with van der Waals surface area (Å²) in [5, 5.41) is 0. The molecule has 3 rings (SSSR count). The number of methoxy groups -OCH3 is 1. The van der Waals surface area contributed by atoms with Gasteiger partial charge >= 0.3 is 0 Å². The topological polar surface area (TPSA) is 25.6 Å². The first-order chi connectivity index (χ1) is 8.26. The molecule has 1 aromatic rings. The highest BCUT2D eigenvalue weighted by molar-refractivity contribution is 5.07. The molecule has 0 aromatic carbocycles. The maximum absolute atomic E-state index is 5.69. The van der Waals surface area contributed by atoms with E-state index in [1.54, 1.807) is 0 Å². The van der Waals surface area contributed by atoms with Crippen molar-refractivity contribution in [2.75, 3.05) is 7.11 Å². The van der Waals surface area contributed by atoms with E-state index in [1.165, 1.54) is 25.7 Å². The van der Waals surface area contributed by atoms with Crippen LogP contribution in [0.25, 0.3) is 0 Å². The minimum absolute atomic E-state index is 0.474. The molecule has 2 aliphatic heterocycles.